The summed E-state index contributed by atoms with van der Waals surface area (Å²) in [6.07, 6.45) is 8.42. The number of unbranched alkanes of at least 4 members (excludes halogenated alkanes) is 2. The first kappa shape index (κ1) is 56.0. The van der Waals surface area contributed by atoms with E-state index in [4.69, 9.17) is 37.9 Å². The van der Waals surface area contributed by atoms with Gasteiger partial charge in [0.05, 0.1) is 94.5 Å². The lowest BCUT2D eigenvalue weighted by Crippen LogP contribution is -2.33. The van der Waals surface area contributed by atoms with Gasteiger partial charge in [0.25, 0.3) is 0 Å². The molecule has 67 heavy (non-hydrogen) atoms. The molecule has 0 fully saturated rings. The second-order valence-corrected chi connectivity index (χ2v) is 19.2. The molecule has 0 aliphatic carbocycles. The van der Waals surface area contributed by atoms with E-state index in [9.17, 15) is 35.8 Å². The van der Waals surface area contributed by atoms with E-state index in [0.29, 0.717) is 136 Å². The minimum Gasteiger partial charge on any atom is -0.744 e. The molecule has 0 bridgehead atoms. The lowest BCUT2D eigenvalue weighted by atomic mass is 9.76. The van der Waals surface area contributed by atoms with Gasteiger partial charge in [-0.25, -0.2) is 16.8 Å². The van der Waals surface area contributed by atoms with E-state index in [1.165, 1.54) is 24.3 Å². The number of anilines is 1. The van der Waals surface area contributed by atoms with Gasteiger partial charge >= 0.3 is 5.97 Å². The van der Waals surface area contributed by atoms with Crippen LogP contribution in [0, 0.1) is 0 Å². The number of methoxy groups -OCH3 is 2. The van der Waals surface area contributed by atoms with Crippen molar-refractivity contribution in [2.75, 3.05) is 125 Å². The second-order valence-electron chi connectivity index (χ2n) is 16.5. The van der Waals surface area contributed by atoms with Crippen molar-refractivity contribution in [3.05, 3.63) is 71.5 Å². The average molecular weight is 982 g/mol. The Morgan fingerprint density at radius 1 is 0.672 bits per heavy atom. The number of carboxylic acids is 1. The second kappa shape index (κ2) is 27.5. The predicted molar refractivity (Wildman–Crippen MR) is 248 cm³/mol. The van der Waals surface area contributed by atoms with Crippen LogP contribution >= 0.6 is 0 Å². The summed E-state index contributed by atoms with van der Waals surface area (Å²) in [5, 5.41) is 9.26. The molecule has 2 heterocycles. The number of ether oxygens (including phenoxy) is 8. The van der Waals surface area contributed by atoms with Crippen molar-refractivity contribution in [2.24, 2.45) is 0 Å². The zero-order valence-corrected chi connectivity index (χ0v) is 41.2. The van der Waals surface area contributed by atoms with E-state index < -0.39 is 37.0 Å². The van der Waals surface area contributed by atoms with Gasteiger partial charge in [0.2, 0.25) is 5.69 Å². The first-order valence-electron chi connectivity index (χ1n) is 22.7. The first-order valence-corrected chi connectivity index (χ1v) is 25.5. The van der Waals surface area contributed by atoms with Crippen LogP contribution in [0.25, 0.3) is 0 Å². The largest absolute Gasteiger partial charge is 0.744 e. The maximum Gasteiger partial charge on any atom is 0.303 e. The van der Waals surface area contributed by atoms with E-state index in [2.05, 4.69) is 9.48 Å². The van der Waals surface area contributed by atoms with Gasteiger partial charge in [-0.15, -0.1) is 0 Å². The number of rotatable bonds is 35. The van der Waals surface area contributed by atoms with Crippen LogP contribution in [-0.4, -0.2) is 167 Å². The van der Waals surface area contributed by atoms with Crippen molar-refractivity contribution in [3.8, 4) is 0 Å². The quantitative estimate of drug-likeness (QED) is 0.0549. The summed E-state index contributed by atoms with van der Waals surface area (Å²) in [6.45, 7) is 12.3. The number of hydrogen-bond donors (Lipinski definition) is 1. The van der Waals surface area contributed by atoms with Crippen LogP contribution in [-0.2, 0) is 73.8 Å². The molecule has 2 aromatic carbocycles. The van der Waals surface area contributed by atoms with Gasteiger partial charge < -0.3 is 57.0 Å². The third-order valence-electron chi connectivity index (χ3n) is 11.9. The molecule has 0 aromatic heterocycles. The van der Waals surface area contributed by atoms with Crippen LogP contribution in [0.5, 0.6) is 0 Å². The molecule has 0 radical (unpaired) electrons. The Labute approximate surface area is 396 Å². The van der Waals surface area contributed by atoms with Crippen molar-refractivity contribution >= 4 is 43.3 Å². The summed E-state index contributed by atoms with van der Waals surface area (Å²) in [5.41, 5.74) is 2.74. The van der Waals surface area contributed by atoms with Gasteiger partial charge in [0, 0.05) is 81.3 Å². The molecule has 4 rings (SSSR count). The summed E-state index contributed by atoms with van der Waals surface area (Å²) < 4.78 is 120. The number of nitrogens with zero attached hydrogens (tertiary/aromatic N) is 2. The molecular weight excluding hydrogens is 913 g/mol. The van der Waals surface area contributed by atoms with Crippen LogP contribution in [0.2, 0.25) is 0 Å². The molecule has 2 atom stereocenters. The van der Waals surface area contributed by atoms with Gasteiger partial charge in [-0.1, -0.05) is 6.08 Å². The maximum atomic E-state index is 12.4. The minimum absolute atomic E-state index is 0.0340. The van der Waals surface area contributed by atoms with Crippen LogP contribution in [0.4, 0.5) is 11.4 Å². The average Bonchev–Trinajstić information content (AvgIpc) is 3.66. The number of allylic oxidation sites excluding steroid dienone is 4. The van der Waals surface area contributed by atoms with Crippen molar-refractivity contribution in [2.45, 2.75) is 79.9 Å². The van der Waals surface area contributed by atoms with Crippen molar-refractivity contribution in [1.82, 2.24) is 0 Å². The Kier molecular flexibility index (Phi) is 23.0. The highest BCUT2D eigenvalue weighted by Crippen LogP contribution is 2.51. The van der Waals surface area contributed by atoms with Crippen molar-refractivity contribution in [3.63, 3.8) is 0 Å². The fourth-order valence-electron chi connectivity index (χ4n) is 8.36. The molecule has 2 unspecified atom stereocenters. The van der Waals surface area contributed by atoms with Crippen LogP contribution < -0.4 is 4.90 Å². The van der Waals surface area contributed by atoms with Gasteiger partial charge in [-0.2, -0.15) is 4.58 Å². The normalized spacial score (nSPS) is 19.0. The molecule has 0 amide bonds. The van der Waals surface area contributed by atoms with Crippen LogP contribution in [0.15, 0.2) is 70.1 Å². The van der Waals surface area contributed by atoms with Gasteiger partial charge in [-0.05, 0) is 88.4 Å². The summed E-state index contributed by atoms with van der Waals surface area (Å²) in [4.78, 5) is 12.7. The molecule has 0 spiro atoms. The molecule has 20 heteroatoms. The molecular formula is C47H69N2O16S2-. The molecule has 18 nitrogen and oxygen atoms in total. The Morgan fingerprint density at radius 3 is 1.64 bits per heavy atom. The Bertz CT molecular complexity index is 2210. The lowest BCUT2D eigenvalue weighted by molar-refractivity contribution is -0.438. The number of hydrogen-bond acceptors (Lipinski definition) is 16. The number of carbonyl (C=O) groups is 1. The Morgan fingerprint density at radius 2 is 1.15 bits per heavy atom. The molecule has 2 aliphatic heterocycles. The van der Waals surface area contributed by atoms with Crippen molar-refractivity contribution < 1.29 is 78.3 Å². The minimum atomic E-state index is -4.81. The SMILES string of the molecule is CCN1/C(=C/C=C/C2=[N+](CCCCCC(=O)O)c3ccc(S(=O)(=O)[O-])cc3C2(C)CCOCCOCCOCCOC)C(C)(CCOCCOCCOCCOC)c2cc(S(=O)(=O)[O-])ccc21. The molecule has 0 saturated carbocycles. The van der Waals surface area contributed by atoms with E-state index in [-0.39, 0.29) is 29.4 Å². The van der Waals surface area contributed by atoms with E-state index in [1.54, 1.807) is 26.4 Å². The Hall–Kier alpha value is -3.64. The fraction of sp³-hybridized carbons (Fsp3) is 0.617. The highest BCUT2D eigenvalue weighted by Gasteiger charge is 2.48. The number of benzene rings is 2. The zero-order chi connectivity index (χ0) is 48.9. The summed E-state index contributed by atoms with van der Waals surface area (Å²) in [7, 11) is -6.38. The van der Waals surface area contributed by atoms with Crippen molar-refractivity contribution in [1.29, 1.82) is 0 Å². The monoisotopic (exact) mass is 981 g/mol. The highest BCUT2D eigenvalue weighted by molar-refractivity contribution is 7.86. The van der Waals surface area contributed by atoms with Gasteiger partial charge in [0.1, 0.15) is 26.8 Å². The third-order valence-corrected chi connectivity index (χ3v) is 13.6. The Balaban J connectivity index is 1.68. The van der Waals surface area contributed by atoms with Crippen LogP contribution in [0.1, 0.15) is 70.4 Å². The number of carboxylic acid groups (broad SMARTS) is 1. The smallest absolute Gasteiger partial charge is 0.303 e. The third kappa shape index (κ3) is 16.2. The molecule has 2 aliphatic rings. The molecule has 1 N–H and O–H groups in total. The number of aliphatic carboxylic acids is 1. The lowest BCUT2D eigenvalue weighted by Gasteiger charge is -2.30. The standard InChI is InChI=1S/C47H70N2O16S2/c1-6-48-41-16-14-37(66(52,53)54)35-39(41)46(2,18-21-60-27-29-64-33-31-62-25-23-58-4)43(48)11-10-12-44-47(3,19-22-61-28-30-65-34-32-63-26-24-59-5)40-36-38(67(55,56)57)15-17-42(40)49(44)20-9-7-8-13-45(50)51/h10-12,14-17,35-36H,6-9,13,18-34H2,1-5H3,(H2-,50,51,52,53,54,55,56,57)/p-1. The summed E-state index contributed by atoms with van der Waals surface area (Å²) in [6, 6.07) is 8.83. The van der Waals surface area contributed by atoms with Crippen LogP contribution in [0.3, 0.4) is 0 Å². The molecule has 376 valence electrons. The van der Waals surface area contributed by atoms with Gasteiger partial charge in [0.15, 0.2) is 5.71 Å². The first-order chi connectivity index (χ1) is 32.0. The summed E-state index contributed by atoms with van der Waals surface area (Å²) >= 11 is 0. The molecule has 2 aromatic rings. The zero-order valence-electron chi connectivity index (χ0n) is 39.5. The summed E-state index contributed by atoms with van der Waals surface area (Å²) in [5.74, 6) is -0.876. The highest BCUT2D eigenvalue weighted by atomic mass is 32.2. The predicted octanol–water partition coefficient (Wildman–Crippen LogP) is 4.91. The van der Waals surface area contributed by atoms with E-state index in [0.717, 1.165) is 22.8 Å². The topological polar surface area (TPSA) is 232 Å². The number of fused-ring (bicyclic) bond motifs is 2. The maximum absolute atomic E-state index is 12.4. The van der Waals surface area contributed by atoms with E-state index >= 15 is 0 Å². The van der Waals surface area contributed by atoms with E-state index in [1.807, 2.05) is 39.0 Å². The number of likely N-dealkylation sites (N-methyl/N-ethyl adjacent to an activating group) is 1. The van der Waals surface area contributed by atoms with Gasteiger partial charge in [-0.3, -0.25) is 4.79 Å². The fourth-order valence-corrected chi connectivity index (χ4v) is 9.35. The molecule has 0 saturated heterocycles.